The van der Waals surface area contributed by atoms with Crippen molar-refractivity contribution in [3.8, 4) is 0 Å². The average Bonchev–Trinajstić information content (AvgIpc) is 2.90. The van der Waals surface area contributed by atoms with Crippen molar-refractivity contribution < 1.29 is 43.4 Å². The molecular formula is C9H16N3O9P. The molecule has 126 valence electrons. The van der Waals surface area contributed by atoms with Crippen LogP contribution in [0.5, 0.6) is 0 Å². The number of nitrogens with one attached hydrogen (secondary N) is 1. The van der Waals surface area contributed by atoms with E-state index in [9.17, 15) is 24.4 Å². The van der Waals surface area contributed by atoms with Crippen LogP contribution in [0.1, 0.15) is 0 Å². The zero-order chi connectivity index (χ0) is 16.7. The number of carbonyl (C=O) groups is 2. The molecular weight excluding hydrogens is 325 g/mol. The summed E-state index contributed by atoms with van der Waals surface area (Å²) in [4.78, 5) is 41.2. The van der Waals surface area contributed by atoms with E-state index in [0.29, 0.717) is 0 Å². The van der Waals surface area contributed by atoms with Gasteiger partial charge in [0.2, 0.25) is 5.91 Å². The Labute approximate surface area is 124 Å². The van der Waals surface area contributed by atoms with Crippen molar-refractivity contribution in [2.24, 2.45) is 5.73 Å². The lowest BCUT2D eigenvalue weighted by Gasteiger charge is -2.25. The first-order valence-electron chi connectivity index (χ1n) is 6.16. The van der Waals surface area contributed by atoms with E-state index >= 15 is 0 Å². The Morgan fingerprint density at radius 1 is 1.45 bits per heavy atom. The van der Waals surface area contributed by atoms with Crippen LogP contribution in [-0.4, -0.2) is 80.6 Å². The second kappa shape index (κ2) is 6.18. The Morgan fingerprint density at radius 3 is 2.59 bits per heavy atom. The van der Waals surface area contributed by atoms with Crippen molar-refractivity contribution in [1.82, 2.24) is 10.2 Å². The van der Waals surface area contributed by atoms with Crippen LogP contribution in [-0.2, 0) is 23.4 Å². The quantitative estimate of drug-likeness (QED) is 0.211. The average molecular weight is 341 g/mol. The topological polar surface area (TPSA) is 192 Å². The minimum Gasteiger partial charge on any atom is -0.387 e. The summed E-state index contributed by atoms with van der Waals surface area (Å²) in [5.74, 6) is -1.64. The lowest BCUT2D eigenvalue weighted by Crippen LogP contribution is -2.47. The zero-order valence-electron chi connectivity index (χ0n) is 11.1. The molecule has 2 amide bonds. The Hall–Kier alpha value is -1.11. The van der Waals surface area contributed by atoms with E-state index in [-0.39, 0.29) is 6.67 Å². The van der Waals surface area contributed by atoms with Gasteiger partial charge < -0.3 is 30.5 Å². The third-order valence-corrected chi connectivity index (χ3v) is 3.82. The van der Waals surface area contributed by atoms with Crippen LogP contribution >= 0.6 is 7.82 Å². The van der Waals surface area contributed by atoms with Gasteiger partial charge in [-0.2, -0.15) is 0 Å². The summed E-state index contributed by atoms with van der Waals surface area (Å²) < 4.78 is 20.0. The number of rotatable bonds is 5. The van der Waals surface area contributed by atoms with Gasteiger partial charge in [0.25, 0.3) is 5.91 Å². The lowest BCUT2D eigenvalue weighted by molar-refractivity contribution is -0.149. The number of amides is 2. The van der Waals surface area contributed by atoms with Crippen molar-refractivity contribution in [3.63, 3.8) is 0 Å². The predicted molar refractivity (Wildman–Crippen MR) is 66.5 cm³/mol. The smallest absolute Gasteiger partial charge is 0.387 e. The molecule has 0 saturated carbocycles. The number of primary amides is 1. The van der Waals surface area contributed by atoms with Crippen LogP contribution in [0.15, 0.2) is 0 Å². The minimum atomic E-state index is -4.77. The highest BCUT2D eigenvalue weighted by Crippen LogP contribution is 2.37. The molecule has 2 aliphatic heterocycles. The van der Waals surface area contributed by atoms with E-state index in [1.54, 1.807) is 0 Å². The predicted octanol–water partition coefficient (Wildman–Crippen LogP) is -4.21. The summed E-state index contributed by atoms with van der Waals surface area (Å²) >= 11 is 0. The second-order valence-corrected chi connectivity index (χ2v) is 6.08. The number of phosphoric acid groups is 1. The number of aliphatic hydroxyl groups excluding tert-OH is 2. The number of nitrogens with two attached hydrogens (primary N) is 1. The van der Waals surface area contributed by atoms with Gasteiger partial charge in [0.15, 0.2) is 12.3 Å². The summed E-state index contributed by atoms with van der Waals surface area (Å²) in [7, 11) is -4.77. The van der Waals surface area contributed by atoms with E-state index in [1.807, 2.05) is 0 Å². The number of hydrogen-bond acceptors (Lipinski definition) is 8. The van der Waals surface area contributed by atoms with Gasteiger partial charge in [-0.3, -0.25) is 24.3 Å². The van der Waals surface area contributed by atoms with E-state index < -0.39 is 56.8 Å². The summed E-state index contributed by atoms with van der Waals surface area (Å²) in [5, 5.41) is 22.2. The molecule has 22 heavy (non-hydrogen) atoms. The van der Waals surface area contributed by atoms with Gasteiger partial charge >= 0.3 is 7.82 Å². The van der Waals surface area contributed by atoms with Gasteiger partial charge in [-0.25, -0.2) is 4.57 Å². The van der Waals surface area contributed by atoms with Gasteiger partial charge in [0, 0.05) is 0 Å². The van der Waals surface area contributed by atoms with Gasteiger partial charge in [0.1, 0.15) is 18.3 Å². The van der Waals surface area contributed by atoms with Crippen LogP contribution in [0.25, 0.3) is 0 Å². The molecule has 0 bridgehead atoms. The van der Waals surface area contributed by atoms with Gasteiger partial charge in [0.05, 0.1) is 13.3 Å². The molecule has 0 aliphatic carbocycles. The van der Waals surface area contributed by atoms with Crippen molar-refractivity contribution in [2.45, 2.75) is 30.6 Å². The van der Waals surface area contributed by atoms with Crippen LogP contribution in [0, 0.1) is 0 Å². The molecule has 2 fully saturated rings. The number of hydrogen-bond donors (Lipinski definition) is 6. The Bertz CT molecular complexity index is 511. The molecule has 2 saturated heterocycles. The van der Waals surface area contributed by atoms with E-state index in [0.717, 1.165) is 4.90 Å². The fourth-order valence-corrected chi connectivity index (χ4v) is 2.59. The first-order chi connectivity index (χ1) is 10.1. The molecule has 1 unspecified atom stereocenters. The van der Waals surface area contributed by atoms with Crippen LogP contribution in [0.3, 0.4) is 0 Å². The van der Waals surface area contributed by atoms with Crippen LogP contribution in [0.4, 0.5) is 0 Å². The summed E-state index contributed by atoms with van der Waals surface area (Å²) in [6.07, 6.45) is -5.63. The van der Waals surface area contributed by atoms with Crippen molar-refractivity contribution >= 4 is 19.6 Å². The third kappa shape index (κ3) is 3.45. The maximum Gasteiger partial charge on any atom is 0.469 e. The number of carbonyl (C=O) groups excluding carboxylic acids is 2. The highest BCUT2D eigenvalue weighted by Gasteiger charge is 2.50. The first kappa shape index (κ1) is 17.2. The fraction of sp³-hybridized carbons (Fsp3) is 0.778. The molecule has 2 rings (SSSR count). The SMILES string of the molecule is NC(=O)C1NCN([C@@H]2O[C@H](COP(=O)(O)O)[C@@H](O)[C@H]2O)C1=O. The molecule has 0 aromatic carbocycles. The van der Waals surface area contributed by atoms with E-state index in [1.165, 1.54) is 0 Å². The Morgan fingerprint density at radius 2 is 2.09 bits per heavy atom. The molecule has 0 spiro atoms. The summed E-state index contributed by atoms with van der Waals surface area (Å²) in [6.45, 7) is -0.833. The maximum absolute atomic E-state index is 11.9. The molecule has 0 radical (unpaired) electrons. The first-order valence-corrected chi connectivity index (χ1v) is 7.69. The molecule has 7 N–H and O–H groups in total. The van der Waals surface area contributed by atoms with E-state index in [4.69, 9.17) is 20.3 Å². The Balaban J connectivity index is 2.03. The fourth-order valence-electron chi connectivity index (χ4n) is 2.25. The highest BCUT2D eigenvalue weighted by atomic mass is 31.2. The van der Waals surface area contributed by atoms with Crippen LogP contribution < -0.4 is 11.1 Å². The molecule has 0 aromatic heterocycles. The normalized spacial score (nSPS) is 36.1. The molecule has 13 heteroatoms. The van der Waals surface area contributed by atoms with Crippen LogP contribution in [0.2, 0.25) is 0 Å². The van der Waals surface area contributed by atoms with Gasteiger partial charge in [-0.15, -0.1) is 0 Å². The second-order valence-electron chi connectivity index (χ2n) is 4.84. The molecule has 0 aromatic rings. The Kier molecular flexibility index (Phi) is 4.84. The number of phosphoric ester groups is 1. The standard InChI is InChI=1S/C9H16N3O9P/c10-7(15)4-8(16)12(2-11-4)9-6(14)5(13)3(21-9)1-20-22(17,18)19/h3-6,9,11,13-14H,1-2H2,(H2,10,15)(H2,17,18,19)/t3-,4?,5-,6-,9-/m1/s1. The number of ether oxygens (including phenoxy) is 1. The number of nitrogens with zero attached hydrogens (tertiary/aromatic N) is 1. The number of aliphatic hydroxyl groups is 2. The largest absolute Gasteiger partial charge is 0.469 e. The lowest BCUT2D eigenvalue weighted by atomic mass is 10.1. The van der Waals surface area contributed by atoms with E-state index in [2.05, 4.69) is 9.84 Å². The van der Waals surface area contributed by atoms with Gasteiger partial charge in [-0.1, -0.05) is 0 Å². The van der Waals surface area contributed by atoms with Crippen molar-refractivity contribution in [2.75, 3.05) is 13.3 Å². The minimum absolute atomic E-state index is 0.146. The van der Waals surface area contributed by atoms with Crippen molar-refractivity contribution in [3.05, 3.63) is 0 Å². The zero-order valence-corrected chi connectivity index (χ0v) is 12.0. The highest BCUT2D eigenvalue weighted by molar-refractivity contribution is 7.46. The summed E-state index contributed by atoms with van der Waals surface area (Å²) in [5.41, 5.74) is 5.03. The monoisotopic (exact) mass is 341 g/mol. The maximum atomic E-state index is 11.9. The molecule has 12 nitrogen and oxygen atoms in total. The molecule has 5 atom stereocenters. The van der Waals surface area contributed by atoms with Gasteiger partial charge in [-0.05, 0) is 0 Å². The summed E-state index contributed by atoms with van der Waals surface area (Å²) in [6, 6.07) is -1.27. The third-order valence-electron chi connectivity index (χ3n) is 3.33. The molecule has 2 aliphatic rings. The molecule has 2 heterocycles. The van der Waals surface area contributed by atoms with Crippen molar-refractivity contribution in [1.29, 1.82) is 0 Å².